The van der Waals surface area contributed by atoms with Gasteiger partial charge in [-0.15, -0.1) is 0 Å². The van der Waals surface area contributed by atoms with Crippen LogP contribution in [0.2, 0.25) is 0 Å². The van der Waals surface area contributed by atoms with E-state index in [0.29, 0.717) is 6.54 Å². The molecule has 6 nitrogen and oxygen atoms in total. The highest BCUT2D eigenvalue weighted by molar-refractivity contribution is 5.81. The number of amides is 1. The minimum atomic E-state index is -0.137. The summed E-state index contributed by atoms with van der Waals surface area (Å²) in [6.07, 6.45) is 2.86. The topological polar surface area (TPSA) is 51.7 Å². The van der Waals surface area contributed by atoms with E-state index in [1.165, 1.54) is 11.1 Å². The van der Waals surface area contributed by atoms with Crippen LogP contribution >= 0.6 is 0 Å². The van der Waals surface area contributed by atoms with Gasteiger partial charge in [0.25, 0.3) is 0 Å². The van der Waals surface area contributed by atoms with Crippen LogP contribution in [-0.2, 0) is 24.3 Å². The Balaban J connectivity index is 1.31. The lowest BCUT2D eigenvalue weighted by Gasteiger charge is -2.35. The quantitative estimate of drug-likeness (QED) is 0.796. The molecule has 1 aromatic heterocycles. The van der Waals surface area contributed by atoms with Crippen molar-refractivity contribution in [3.05, 3.63) is 59.3 Å². The summed E-state index contributed by atoms with van der Waals surface area (Å²) in [7, 11) is 0. The highest BCUT2D eigenvalue weighted by Crippen LogP contribution is 2.20. The summed E-state index contributed by atoms with van der Waals surface area (Å²) in [4.78, 5) is 24.4. The third-order valence-corrected chi connectivity index (χ3v) is 6.51. The predicted molar refractivity (Wildman–Crippen MR) is 120 cm³/mol. The van der Waals surface area contributed by atoms with E-state index in [0.717, 1.165) is 63.6 Å². The van der Waals surface area contributed by atoms with Gasteiger partial charge in [-0.05, 0) is 48.7 Å². The summed E-state index contributed by atoms with van der Waals surface area (Å²) in [6, 6.07) is 12.5. The molecule has 1 fully saturated rings. The van der Waals surface area contributed by atoms with Gasteiger partial charge in [0.15, 0.2) is 0 Å². The number of nitrogens with one attached hydrogen (secondary N) is 1. The monoisotopic (exact) mass is 407 g/mol. The van der Waals surface area contributed by atoms with Crippen LogP contribution in [-0.4, -0.2) is 66.0 Å². The number of aromatic nitrogens is 1. The number of rotatable bonds is 6. The fourth-order valence-corrected chi connectivity index (χ4v) is 4.39. The second-order valence-corrected chi connectivity index (χ2v) is 8.33. The summed E-state index contributed by atoms with van der Waals surface area (Å²) in [5.74, 6) is 1.10. The number of nitrogens with zero attached hydrogens (tertiary/aromatic N) is 4. The Morgan fingerprint density at radius 1 is 1.10 bits per heavy atom. The summed E-state index contributed by atoms with van der Waals surface area (Å²) in [5.41, 5.74) is 3.85. The van der Waals surface area contributed by atoms with Crippen molar-refractivity contribution in [2.75, 3.05) is 44.2 Å². The number of pyridine rings is 1. The Kier molecular flexibility index (Phi) is 6.65. The van der Waals surface area contributed by atoms with Crippen LogP contribution in [0.3, 0.4) is 0 Å². The van der Waals surface area contributed by atoms with Crippen molar-refractivity contribution in [3.63, 3.8) is 0 Å². The van der Waals surface area contributed by atoms with Crippen molar-refractivity contribution in [1.82, 2.24) is 20.1 Å². The molecule has 0 radical (unpaired) electrons. The van der Waals surface area contributed by atoms with E-state index in [-0.39, 0.29) is 11.9 Å². The summed E-state index contributed by atoms with van der Waals surface area (Å²) in [5, 5.41) is 3.13. The lowest BCUT2D eigenvalue weighted by Crippen LogP contribution is -2.47. The highest BCUT2D eigenvalue weighted by Gasteiger charge is 2.25. The number of hydrogen-bond acceptors (Lipinski definition) is 5. The molecule has 1 amide bonds. The van der Waals surface area contributed by atoms with E-state index in [1.54, 1.807) is 0 Å². The van der Waals surface area contributed by atoms with E-state index >= 15 is 0 Å². The molecule has 1 N–H and O–H groups in total. The van der Waals surface area contributed by atoms with E-state index < -0.39 is 0 Å². The third-order valence-electron chi connectivity index (χ3n) is 6.51. The van der Waals surface area contributed by atoms with Gasteiger partial charge in [0.05, 0.1) is 6.04 Å². The van der Waals surface area contributed by atoms with Crippen LogP contribution in [0.15, 0.2) is 42.6 Å². The molecule has 30 heavy (non-hydrogen) atoms. The molecule has 1 aromatic carbocycles. The van der Waals surface area contributed by atoms with Gasteiger partial charge in [-0.3, -0.25) is 9.69 Å². The lowest BCUT2D eigenvalue weighted by molar-refractivity contribution is -0.126. The van der Waals surface area contributed by atoms with E-state index in [9.17, 15) is 4.79 Å². The lowest BCUT2D eigenvalue weighted by atomic mass is 9.99. The summed E-state index contributed by atoms with van der Waals surface area (Å²) >= 11 is 0. The average Bonchev–Trinajstić information content (AvgIpc) is 2.82. The molecule has 2 aliphatic rings. The number of carbonyl (C=O) groups excluding carboxylic acids is 1. The predicted octanol–water partition coefficient (Wildman–Crippen LogP) is 2.29. The van der Waals surface area contributed by atoms with Crippen molar-refractivity contribution >= 4 is 11.7 Å². The molecular formula is C24H33N5O. The van der Waals surface area contributed by atoms with Crippen LogP contribution < -0.4 is 10.2 Å². The number of hydrogen-bond donors (Lipinski definition) is 1. The van der Waals surface area contributed by atoms with Gasteiger partial charge >= 0.3 is 0 Å². The first-order chi connectivity index (χ1) is 14.6. The molecule has 6 heteroatoms. The Labute approximate surface area is 179 Å². The van der Waals surface area contributed by atoms with Crippen molar-refractivity contribution in [1.29, 1.82) is 0 Å². The maximum absolute atomic E-state index is 12.8. The van der Waals surface area contributed by atoms with Gasteiger partial charge < -0.3 is 15.1 Å². The molecule has 1 unspecified atom stereocenters. The Morgan fingerprint density at radius 3 is 2.63 bits per heavy atom. The SMILES string of the molecule is CCN1CCN(c2cc(CNC(=O)C(C)N3CCc4ccccc4C3)ccn2)CC1. The smallest absolute Gasteiger partial charge is 0.237 e. The van der Waals surface area contributed by atoms with Gasteiger partial charge in [0.1, 0.15) is 5.82 Å². The molecular weight excluding hydrogens is 374 g/mol. The van der Waals surface area contributed by atoms with Crippen molar-refractivity contribution in [2.24, 2.45) is 0 Å². The van der Waals surface area contributed by atoms with Gasteiger partial charge in [0, 0.05) is 52.0 Å². The maximum Gasteiger partial charge on any atom is 0.237 e. The fraction of sp³-hybridized carbons (Fsp3) is 0.500. The molecule has 0 spiro atoms. The minimum Gasteiger partial charge on any atom is -0.354 e. The molecule has 0 bridgehead atoms. The Hall–Kier alpha value is -2.44. The van der Waals surface area contributed by atoms with Gasteiger partial charge in [-0.25, -0.2) is 4.98 Å². The number of anilines is 1. The zero-order chi connectivity index (χ0) is 20.9. The highest BCUT2D eigenvalue weighted by atomic mass is 16.2. The standard InChI is InChI=1S/C24H33N5O/c1-3-27-12-14-28(15-13-27)23-16-20(8-10-25-23)17-26-24(30)19(2)29-11-9-21-6-4-5-7-22(21)18-29/h4-8,10,16,19H,3,9,11-15,17-18H2,1-2H3,(H,26,30). The second kappa shape index (κ2) is 9.58. The maximum atomic E-state index is 12.8. The molecule has 0 aliphatic carbocycles. The molecule has 3 heterocycles. The zero-order valence-corrected chi connectivity index (χ0v) is 18.2. The van der Waals surface area contributed by atoms with Gasteiger partial charge in [0.2, 0.25) is 5.91 Å². The largest absolute Gasteiger partial charge is 0.354 e. The molecule has 1 saturated heterocycles. The van der Waals surface area contributed by atoms with Crippen molar-refractivity contribution in [3.8, 4) is 0 Å². The molecule has 1 atom stereocenters. The molecule has 4 rings (SSSR count). The van der Waals surface area contributed by atoms with Crippen LogP contribution in [0.1, 0.15) is 30.5 Å². The van der Waals surface area contributed by atoms with Crippen LogP contribution in [0, 0.1) is 0 Å². The van der Waals surface area contributed by atoms with Crippen LogP contribution in [0.4, 0.5) is 5.82 Å². The summed E-state index contributed by atoms with van der Waals surface area (Å²) in [6.45, 7) is 11.8. The summed E-state index contributed by atoms with van der Waals surface area (Å²) < 4.78 is 0. The number of benzene rings is 1. The Morgan fingerprint density at radius 2 is 1.87 bits per heavy atom. The third kappa shape index (κ3) is 4.82. The zero-order valence-electron chi connectivity index (χ0n) is 18.2. The van der Waals surface area contributed by atoms with Crippen molar-refractivity contribution < 1.29 is 4.79 Å². The number of piperazine rings is 1. The molecule has 160 valence electrons. The van der Waals surface area contributed by atoms with E-state index in [4.69, 9.17) is 0 Å². The first-order valence-electron chi connectivity index (χ1n) is 11.1. The number of carbonyl (C=O) groups is 1. The van der Waals surface area contributed by atoms with Gasteiger partial charge in [-0.2, -0.15) is 0 Å². The van der Waals surface area contributed by atoms with E-state index in [2.05, 4.69) is 62.3 Å². The first-order valence-corrected chi connectivity index (χ1v) is 11.1. The fourth-order valence-electron chi connectivity index (χ4n) is 4.39. The van der Waals surface area contributed by atoms with Crippen LogP contribution in [0.5, 0.6) is 0 Å². The average molecular weight is 408 g/mol. The normalized spacial score (nSPS) is 18.7. The molecule has 2 aromatic rings. The second-order valence-electron chi connectivity index (χ2n) is 8.33. The number of fused-ring (bicyclic) bond motifs is 1. The van der Waals surface area contributed by atoms with Crippen LogP contribution in [0.25, 0.3) is 0 Å². The van der Waals surface area contributed by atoms with E-state index in [1.807, 2.05) is 19.2 Å². The number of likely N-dealkylation sites (N-methyl/N-ethyl adjacent to an activating group) is 1. The minimum absolute atomic E-state index is 0.0873. The van der Waals surface area contributed by atoms with Gasteiger partial charge in [-0.1, -0.05) is 31.2 Å². The molecule has 0 saturated carbocycles. The molecule has 2 aliphatic heterocycles. The first kappa shape index (κ1) is 20.8. The Bertz CT molecular complexity index is 862. The van der Waals surface area contributed by atoms with Crippen molar-refractivity contribution in [2.45, 2.75) is 39.4 Å².